The molecule has 9 nitrogen and oxygen atoms in total. The van der Waals surface area contributed by atoms with E-state index in [0.29, 0.717) is 17.6 Å². The van der Waals surface area contributed by atoms with E-state index in [1.54, 1.807) is 23.9 Å². The normalized spacial score (nSPS) is 18.7. The minimum Gasteiger partial charge on any atom is -0.394 e. The van der Waals surface area contributed by atoms with Crippen LogP contribution in [-0.4, -0.2) is 42.4 Å². The van der Waals surface area contributed by atoms with Crippen LogP contribution in [0.3, 0.4) is 0 Å². The van der Waals surface area contributed by atoms with Gasteiger partial charge in [0.1, 0.15) is 11.9 Å². The molecule has 1 aliphatic rings. The Hall–Kier alpha value is -4.08. The molecule has 1 unspecified atom stereocenters. The van der Waals surface area contributed by atoms with Gasteiger partial charge in [-0.1, -0.05) is 65.8 Å². The van der Waals surface area contributed by atoms with E-state index in [0.717, 1.165) is 29.5 Å². The van der Waals surface area contributed by atoms with Crippen molar-refractivity contribution in [3.05, 3.63) is 96.2 Å². The number of aliphatic hydroxyl groups excluding tert-OH is 2. The molecule has 2 atom stereocenters. The van der Waals surface area contributed by atoms with Crippen LogP contribution < -0.4 is 5.32 Å². The van der Waals surface area contributed by atoms with Crippen LogP contribution in [0.15, 0.2) is 77.9 Å². The number of carbonyl (C=O) groups is 1. The highest BCUT2D eigenvalue weighted by Crippen LogP contribution is 2.42. The molecule has 0 spiro atoms. The highest BCUT2D eigenvalue weighted by Gasteiger charge is 2.35. The first-order valence-corrected chi connectivity index (χ1v) is 12.7. The number of benzene rings is 2. The molecule has 9 heteroatoms. The number of imidazole rings is 1. The van der Waals surface area contributed by atoms with Gasteiger partial charge in [0.25, 0.3) is 0 Å². The summed E-state index contributed by atoms with van der Waals surface area (Å²) in [6.07, 6.45) is 9.48. The summed E-state index contributed by atoms with van der Waals surface area (Å²) in [5.74, 6) is 1.44. The Morgan fingerprint density at radius 3 is 2.47 bits per heavy atom. The van der Waals surface area contributed by atoms with E-state index < -0.39 is 6.10 Å². The van der Waals surface area contributed by atoms with Gasteiger partial charge in [-0.05, 0) is 47.9 Å². The van der Waals surface area contributed by atoms with Gasteiger partial charge in [0.2, 0.25) is 12.3 Å². The molecule has 1 fully saturated rings. The van der Waals surface area contributed by atoms with E-state index in [1.165, 1.54) is 12.0 Å². The molecular formula is C29H31N5O4. The van der Waals surface area contributed by atoms with Crippen LogP contribution in [-0.2, 0) is 11.3 Å². The maximum atomic E-state index is 12.3. The fourth-order valence-corrected chi connectivity index (χ4v) is 4.81. The Balaban J connectivity index is 1.15. The second-order valence-electron chi connectivity index (χ2n) is 9.65. The average molecular weight is 514 g/mol. The Bertz CT molecular complexity index is 1350. The first-order valence-electron chi connectivity index (χ1n) is 12.7. The molecule has 1 saturated carbocycles. The number of carbonyl (C=O) groups excluding carboxylic acids is 1. The first-order chi connectivity index (χ1) is 18.5. The molecule has 3 N–H and O–H groups in total. The van der Waals surface area contributed by atoms with Gasteiger partial charge < -0.3 is 24.6 Å². The van der Waals surface area contributed by atoms with Crippen LogP contribution in [0.5, 0.6) is 0 Å². The maximum absolute atomic E-state index is 12.3. The lowest BCUT2D eigenvalue weighted by atomic mass is 9.71. The number of nitrogens with one attached hydrogen (secondary N) is 1. The maximum Gasteiger partial charge on any atom is 0.223 e. The number of aromatic nitrogens is 4. The van der Waals surface area contributed by atoms with Gasteiger partial charge in [-0.15, -0.1) is 0 Å². The van der Waals surface area contributed by atoms with Crippen molar-refractivity contribution in [1.82, 2.24) is 25.0 Å². The third-order valence-corrected chi connectivity index (χ3v) is 7.09. The van der Waals surface area contributed by atoms with E-state index in [9.17, 15) is 15.0 Å². The minimum absolute atomic E-state index is 0.0185. The Kier molecular flexibility index (Phi) is 7.76. The molecule has 0 saturated heterocycles. The van der Waals surface area contributed by atoms with Crippen LogP contribution in [0.4, 0.5) is 0 Å². The zero-order chi connectivity index (χ0) is 26.5. The standard InChI is InChI=1S/C29H31N5O4/c1-19(36)28-30-12-13-34(28)26(17-35)11-4-20-2-5-21(6-3-20)22-7-9-23(10-8-22)24-14-25(15-24)29(37)31-16-27-32-18-38-33-27/h2-13,18-19,24-26,35-36H,14-17H2,1H3,(H,31,37)/b11-4+/t19-,24?,25?,26?/m0/s1. The lowest BCUT2D eigenvalue weighted by Gasteiger charge is -2.34. The Morgan fingerprint density at radius 2 is 1.84 bits per heavy atom. The monoisotopic (exact) mass is 513 g/mol. The number of aliphatic hydroxyl groups is 2. The van der Waals surface area contributed by atoms with Gasteiger partial charge in [-0.3, -0.25) is 4.79 Å². The zero-order valence-corrected chi connectivity index (χ0v) is 21.1. The van der Waals surface area contributed by atoms with Gasteiger partial charge in [-0.25, -0.2) is 4.98 Å². The summed E-state index contributed by atoms with van der Waals surface area (Å²) in [6, 6.07) is 16.5. The summed E-state index contributed by atoms with van der Waals surface area (Å²) in [7, 11) is 0. The number of rotatable bonds is 10. The second kappa shape index (κ2) is 11.5. The fraction of sp³-hybridized carbons (Fsp3) is 0.310. The summed E-state index contributed by atoms with van der Waals surface area (Å²) in [6.45, 7) is 1.85. The molecule has 2 heterocycles. The SMILES string of the molecule is C[C@H](O)c1nccn1C(/C=C/c1ccc(-c2ccc(C3CC(C(=O)NCc4ncon4)C3)cc2)cc1)CO. The summed E-state index contributed by atoms with van der Waals surface area (Å²) in [5.41, 5.74) is 4.51. The Labute approximate surface area is 220 Å². The van der Waals surface area contributed by atoms with Crippen molar-refractivity contribution in [3.8, 4) is 11.1 Å². The van der Waals surface area contributed by atoms with Gasteiger partial charge in [0.15, 0.2) is 5.82 Å². The van der Waals surface area contributed by atoms with Crippen molar-refractivity contribution in [3.63, 3.8) is 0 Å². The first kappa shape index (κ1) is 25.6. The largest absolute Gasteiger partial charge is 0.394 e. The number of nitrogens with zero attached hydrogens (tertiary/aromatic N) is 4. The molecule has 38 heavy (non-hydrogen) atoms. The predicted octanol–water partition coefficient (Wildman–Crippen LogP) is 4.04. The van der Waals surface area contributed by atoms with Crippen molar-refractivity contribution in [2.24, 2.45) is 5.92 Å². The van der Waals surface area contributed by atoms with Crippen molar-refractivity contribution in [2.45, 2.75) is 44.4 Å². The zero-order valence-electron chi connectivity index (χ0n) is 21.1. The molecule has 1 amide bonds. The van der Waals surface area contributed by atoms with Gasteiger partial charge in [-0.2, -0.15) is 4.98 Å². The summed E-state index contributed by atoms with van der Waals surface area (Å²) in [5, 5.41) is 26.3. The summed E-state index contributed by atoms with van der Waals surface area (Å²) < 4.78 is 6.46. The smallest absolute Gasteiger partial charge is 0.223 e. The number of hydrogen-bond acceptors (Lipinski definition) is 7. The molecule has 196 valence electrons. The molecule has 0 radical (unpaired) electrons. The minimum atomic E-state index is -0.711. The highest BCUT2D eigenvalue weighted by molar-refractivity contribution is 5.79. The van der Waals surface area contributed by atoms with E-state index >= 15 is 0 Å². The topological polar surface area (TPSA) is 126 Å². The van der Waals surface area contributed by atoms with Gasteiger partial charge in [0, 0.05) is 18.3 Å². The molecule has 1 aliphatic carbocycles. The molecule has 0 bridgehead atoms. The van der Waals surface area contributed by atoms with E-state index in [1.807, 2.05) is 24.3 Å². The van der Waals surface area contributed by atoms with Crippen LogP contribution in [0, 0.1) is 5.92 Å². The third kappa shape index (κ3) is 5.74. The number of hydrogen-bond donors (Lipinski definition) is 3. The molecule has 5 rings (SSSR count). The van der Waals surface area contributed by atoms with Crippen LogP contribution in [0.1, 0.15) is 60.6 Å². The average Bonchev–Trinajstić information content (AvgIpc) is 3.61. The van der Waals surface area contributed by atoms with E-state index in [-0.39, 0.29) is 31.0 Å². The van der Waals surface area contributed by atoms with Crippen molar-refractivity contribution in [2.75, 3.05) is 6.61 Å². The number of amides is 1. The Morgan fingerprint density at radius 1 is 1.13 bits per heavy atom. The molecule has 2 aromatic carbocycles. The van der Waals surface area contributed by atoms with E-state index in [2.05, 4.69) is 61.4 Å². The van der Waals surface area contributed by atoms with Crippen molar-refractivity contribution >= 4 is 12.0 Å². The van der Waals surface area contributed by atoms with Crippen LogP contribution in [0.25, 0.3) is 17.2 Å². The molecule has 2 aromatic heterocycles. The van der Waals surface area contributed by atoms with E-state index in [4.69, 9.17) is 0 Å². The van der Waals surface area contributed by atoms with Crippen LogP contribution >= 0.6 is 0 Å². The summed E-state index contributed by atoms with van der Waals surface area (Å²) in [4.78, 5) is 20.4. The predicted molar refractivity (Wildman–Crippen MR) is 142 cm³/mol. The highest BCUT2D eigenvalue weighted by atomic mass is 16.5. The quantitative estimate of drug-likeness (QED) is 0.292. The molecule has 4 aromatic rings. The molecular weight excluding hydrogens is 482 g/mol. The summed E-state index contributed by atoms with van der Waals surface area (Å²) >= 11 is 0. The van der Waals surface area contributed by atoms with Crippen LogP contribution in [0.2, 0.25) is 0 Å². The fourth-order valence-electron chi connectivity index (χ4n) is 4.81. The van der Waals surface area contributed by atoms with Crippen molar-refractivity contribution in [1.29, 1.82) is 0 Å². The lowest BCUT2D eigenvalue weighted by molar-refractivity contribution is -0.128. The molecule has 0 aliphatic heterocycles. The van der Waals surface area contributed by atoms with Crippen molar-refractivity contribution < 1.29 is 19.5 Å². The van der Waals surface area contributed by atoms with Gasteiger partial charge >= 0.3 is 0 Å². The third-order valence-electron chi connectivity index (χ3n) is 7.09. The second-order valence-corrected chi connectivity index (χ2v) is 9.65. The van der Waals surface area contributed by atoms with Gasteiger partial charge in [0.05, 0.1) is 19.2 Å². The lowest BCUT2D eigenvalue weighted by Crippen LogP contribution is -2.37.